The predicted octanol–water partition coefficient (Wildman–Crippen LogP) is 1.43. The number of para-hydroxylation sites is 2. The molecule has 5 N–H and O–H groups in total. The third kappa shape index (κ3) is 4.28. The Balaban J connectivity index is 1.61. The molecule has 3 aromatic rings. The summed E-state index contributed by atoms with van der Waals surface area (Å²) in [4.78, 5) is 58.8. The van der Waals surface area contributed by atoms with Gasteiger partial charge in [0, 0.05) is 18.3 Å². The maximum atomic E-state index is 13.8. The molecule has 0 radical (unpaired) electrons. The number of benzene rings is 2. The molecule has 1 unspecified atom stereocenters. The van der Waals surface area contributed by atoms with Crippen LogP contribution in [0, 0.1) is 5.41 Å². The topological polar surface area (TPSA) is 173 Å². The van der Waals surface area contributed by atoms with Crippen LogP contribution in [0.4, 0.5) is 11.4 Å². The zero-order valence-corrected chi connectivity index (χ0v) is 20.0. The summed E-state index contributed by atoms with van der Waals surface area (Å²) in [6.45, 7) is -0.172. The van der Waals surface area contributed by atoms with E-state index in [1.807, 2.05) is 0 Å². The van der Waals surface area contributed by atoms with Crippen LogP contribution in [-0.4, -0.2) is 63.8 Å². The average Bonchev–Trinajstić information content (AvgIpc) is 3.04. The quantitative estimate of drug-likeness (QED) is 0.283. The minimum absolute atomic E-state index is 0.00790. The minimum Gasteiger partial charge on any atom is -0.481 e. The summed E-state index contributed by atoms with van der Waals surface area (Å²) < 4.78 is 0. The van der Waals surface area contributed by atoms with Crippen molar-refractivity contribution in [2.75, 3.05) is 23.0 Å². The zero-order chi connectivity index (χ0) is 27.0. The number of nitrogen functional groups attached to an aromatic ring is 1. The lowest BCUT2D eigenvalue weighted by Crippen LogP contribution is -2.64. The highest BCUT2D eigenvalue weighted by atomic mass is 16.4. The molecule has 38 heavy (non-hydrogen) atoms. The molecular formula is C26H23N7O5. The van der Waals surface area contributed by atoms with Crippen molar-refractivity contribution < 1.29 is 24.3 Å². The lowest BCUT2D eigenvalue weighted by molar-refractivity contribution is -0.137. The van der Waals surface area contributed by atoms with Crippen molar-refractivity contribution in [3.8, 4) is 0 Å². The number of fused-ring (bicyclic) bond motifs is 4. The van der Waals surface area contributed by atoms with Gasteiger partial charge in [0.2, 0.25) is 0 Å². The number of nitrogens with two attached hydrogens (primary N) is 1. The van der Waals surface area contributed by atoms with Crippen LogP contribution >= 0.6 is 0 Å². The first-order chi connectivity index (χ1) is 18.3. The second kappa shape index (κ2) is 9.65. The molecule has 12 heteroatoms. The maximum absolute atomic E-state index is 13.8. The molecule has 0 saturated carbocycles. The van der Waals surface area contributed by atoms with Crippen LogP contribution in [0.1, 0.15) is 43.2 Å². The molecule has 1 atom stereocenters. The van der Waals surface area contributed by atoms with E-state index in [9.17, 15) is 24.3 Å². The number of rotatable bonds is 6. The van der Waals surface area contributed by atoms with Gasteiger partial charge < -0.3 is 15.7 Å². The number of aromatic nitrogens is 1. The molecule has 2 aliphatic rings. The summed E-state index contributed by atoms with van der Waals surface area (Å²) in [7, 11) is 0. The largest absolute Gasteiger partial charge is 0.481 e. The molecule has 0 spiro atoms. The number of carbonyl (C=O) groups is 4. The Morgan fingerprint density at radius 1 is 1.03 bits per heavy atom. The number of hydrazine groups is 1. The van der Waals surface area contributed by atoms with Gasteiger partial charge in [-0.15, -0.1) is 0 Å². The SMILES string of the molecule is N=C(N)c1ccnc(C(=O)NN2c3ccccc3C(=O)N3c4ccccc4C(=O)N(CCC(=O)O)CC23)c1. The van der Waals surface area contributed by atoms with E-state index >= 15 is 0 Å². The number of amides is 3. The van der Waals surface area contributed by atoms with E-state index in [-0.39, 0.29) is 42.5 Å². The van der Waals surface area contributed by atoms with E-state index in [1.54, 1.807) is 48.5 Å². The Morgan fingerprint density at radius 2 is 1.68 bits per heavy atom. The fourth-order valence-corrected chi connectivity index (χ4v) is 4.60. The fraction of sp³-hybridized carbons (Fsp3) is 0.154. The molecule has 2 aliphatic heterocycles. The van der Waals surface area contributed by atoms with E-state index in [0.717, 1.165) is 0 Å². The number of nitrogens with one attached hydrogen (secondary N) is 2. The van der Waals surface area contributed by atoms with Crippen LogP contribution in [0.15, 0.2) is 66.9 Å². The van der Waals surface area contributed by atoms with E-state index in [1.165, 1.54) is 33.1 Å². The Hall–Kier alpha value is -5.26. The van der Waals surface area contributed by atoms with Gasteiger partial charge in [-0.3, -0.25) is 44.9 Å². The number of aliphatic carboxylic acids is 1. The van der Waals surface area contributed by atoms with Gasteiger partial charge in [0.25, 0.3) is 17.7 Å². The first-order valence-corrected chi connectivity index (χ1v) is 11.7. The van der Waals surface area contributed by atoms with Gasteiger partial charge >= 0.3 is 5.97 Å². The number of pyridine rings is 1. The summed E-state index contributed by atoms with van der Waals surface area (Å²) in [5.41, 5.74) is 9.97. The number of carbonyl (C=O) groups excluding carboxylic acids is 3. The lowest BCUT2D eigenvalue weighted by Gasteiger charge is -2.45. The summed E-state index contributed by atoms with van der Waals surface area (Å²) in [6, 6.07) is 16.2. The first-order valence-electron chi connectivity index (χ1n) is 11.7. The predicted molar refractivity (Wildman–Crippen MR) is 137 cm³/mol. The second-order valence-electron chi connectivity index (χ2n) is 8.74. The van der Waals surface area contributed by atoms with Gasteiger partial charge in [0.1, 0.15) is 17.7 Å². The van der Waals surface area contributed by atoms with Crippen molar-refractivity contribution in [2.24, 2.45) is 5.73 Å². The molecule has 1 aromatic heterocycles. The molecule has 5 rings (SSSR count). The normalized spacial score (nSPS) is 16.2. The standard InChI is InChI=1S/C26H23N7O5/c27-23(28)15-9-11-29-18(13-15)24(36)30-33-20-8-4-2-6-17(20)26(38)32-19-7-3-1-5-16(19)25(37)31(14-21(32)33)12-10-22(34)35/h1-9,11,13,21H,10,12,14H2,(H3,27,28)(H,30,36)(H,34,35). The molecule has 192 valence electrons. The van der Waals surface area contributed by atoms with Crippen LogP contribution < -0.4 is 21.1 Å². The lowest BCUT2D eigenvalue weighted by atomic mass is 10.0. The molecule has 0 aliphatic carbocycles. The number of carboxylic acids is 1. The Kier molecular flexibility index (Phi) is 6.21. The zero-order valence-electron chi connectivity index (χ0n) is 20.0. The highest BCUT2D eigenvalue weighted by Crippen LogP contribution is 2.37. The molecule has 2 aromatic carbocycles. The Bertz CT molecular complexity index is 1490. The minimum atomic E-state index is -1.07. The average molecular weight is 514 g/mol. The maximum Gasteiger partial charge on any atom is 0.305 e. The molecule has 0 fully saturated rings. The van der Waals surface area contributed by atoms with Gasteiger partial charge in [0.15, 0.2) is 0 Å². The fourth-order valence-electron chi connectivity index (χ4n) is 4.60. The van der Waals surface area contributed by atoms with Crippen LogP contribution in [0.5, 0.6) is 0 Å². The Morgan fingerprint density at radius 3 is 2.37 bits per heavy atom. The van der Waals surface area contributed by atoms with Crippen LogP contribution in [0.3, 0.4) is 0 Å². The number of carboxylic acid groups (broad SMARTS) is 1. The van der Waals surface area contributed by atoms with Crippen molar-refractivity contribution in [3.63, 3.8) is 0 Å². The number of hydrogen-bond donors (Lipinski definition) is 4. The number of anilines is 2. The number of hydrogen-bond acceptors (Lipinski definition) is 7. The van der Waals surface area contributed by atoms with Crippen LogP contribution in [0.25, 0.3) is 0 Å². The van der Waals surface area contributed by atoms with Crippen molar-refractivity contribution in [1.29, 1.82) is 5.41 Å². The van der Waals surface area contributed by atoms with Crippen molar-refractivity contribution in [3.05, 3.63) is 89.2 Å². The van der Waals surface area contributed by atoms with E-state index < -0.39 is 23.9 Å². The monoisotopic (exact) mass is 513 g/mol. The van der Waals surface area contributed by atoms with Gasteiger partial charge in [-0.25, -0.2) is 0 Å². The van der Waals surface area contributed by atoms with E-state index in [0.29, 0.717) is 22.5 Å². The first kappa shape index (κ1) is 24.4. The summed E-state index contributed by atoms with van der Waals surface area (Å²) in [5.74, 6) is -2.71. The van der Waals surface area contributed by atoms with Crippen molar-refractivity contribution in [2.45, 2.75) is 12.6 Å². The molecule has 12 nitrogen and oxygen atoms in total. The smallest absolute Gasteiger partial charge is 0.305 e. The molecular weight excluding hydrogens is 490 g/mol. The second-order valence-corrected chi connectivity index (χ2v) is 8.74. The summed E-state index contributed by atoms with van der Waals surface area (Å²) in [6.07, 6.45) is 0.165. The van der Waals surface area contributed by atoms with Crippen LogP contribution in [0.2, 0.25) is 0 Å². The van der Waals surface area contributed by atoms with Crippen LogP contribution in [-0.2, 0) is 4.79 Å². The van der Waals surface area contributed by atoms with Gasteiger partial charge in [0.05, 0.1) is 35.5 Å². The van der Waals surface area contributed by atoms with Gasteiger partial charge in [-0.2, -0.15) is 0 Å². The van der Waals surface area contributed by atoms with Gasteiger partial charge in [-0.05, 0) is 36.4 Å². The third-order valence-corrected chi connectivity index (χ3v) is 6.39. The number of amidine groups is 1. The molecule has 0 saturated heterocycles. The highest BCUT2D eigenvalue weighted by Gasteiger charge is 2.44. The van der Waals surface area contributed by atoms with E-state index in [2.05, 4.69) is 10.4 Å². The molecule has 0 bridgehead atoms. The third-order valence-electron chi connectivity index (χ3n) is 6.39. The van der Waals surface area contributed by atoms with Crippen molar-refractivity contribution in [1.82, 2.24) is 15.3 Å². The molecule has 3 amide bonds. The molecule has 3 heterocycles. The summed E-state index contributed by atoms with van der Waals surface area (Å²) >= 11 is 0. The highest BCUT2D eigenvalue weighted by molar-refractivity contribution is 6.16. The summed E-state index contributed by atoms with van der Waals surface area (Å²) in [5, 5.41) is 18.4. The van der Waals surface area contributed by atoms with Gasteiger partial charge in [-0.1, -0.05) is 24.3 Å². The van der Waals surface area contributed by atoms with Crippen molar-refractivity contribution >= 4 is 40.9 Å². The Labute approximate surface area is 216 Å². The number of nitrogens with zero attached hydrogens (tertiary/aromatic N) is 4. The van der Waals surface area contributed by atoms with E-state index in [4.69, 9.17) is 11.1 Å².